The summed E-state index contributed by atoms with van der Waals surface area (Å²) in [5.41, 5.74) is 9.32. The molecule has 0 fully saturated rings. The predicted molar refractivity (Wildman–Crippen MR) is 97.6 cm³/mol. The molecule has 0 spiro atoms. The van der Waals surface area contributed by atoms with Gasteiger partial charge in [-0.15, -0.1) is 5.10 Å². The van der Waals surface area contributed by atoms with Gasteiger partial charge in [-0.1, -0.05) is 16.8 Å². The lowest BCUT2D eigenvalue weighted by molar-refractivity contribution is 0.580. The highest BCUT2D eigenvalue weighted by atomic mass is 35.5. The molecule has 4 heterocycles. The molecule has 26 heavy (non-hydrogen) atoms. The zero-order valence-electron chi connectivity index (χ0n) is 13.3. The maximum absolute atomic E-state index is 6.42. The van der Waals surface area contributed by atoms with Crippen molar-refractivity contribution in [2.45, 2.75) is 6.54 Å². The Hall–Kier alpha value is -3.39. The minimum atomic E-state index is 0.125. The molecular formula is C17H12ClN7O. The van der Waals surface area contributed by atoms with Crippen LogP contribution < -0.4 is 5.73 Å². The first-order valence-electron chi connectivity index (χ1n) is 7.85. The Balaban J connectivity index is 1.64. The van der Waals surface area contributed by atoms with Gasteiger partial charge in [-0.2, -0.15) is 4.98 Å². The van der Waals surface area contributed by atoms with E-state index in [0.717, 1.165) is 16.5 Å². The number of nitrogens with two attached hydrogens (primary N) is 1. The van der Waals surface area contributed by atoms with Crippen molar-refractivity contribution in [2.75, 3.05) is 5.73 Å². The summed E-state index contributed by atoms with van der Waals surface area (Å²) in [5.74, 6) is 0.683. The van der Waals surface area contributed by atoms with Crippen LogP contribution in [0.15, 0.2) is 47.2 Å². The van der Waals surface area contributed by atoms with Gasteiger partial charge in [0, 0.05) is 16.7 Å². The van der Waals surface area contributed by atoms with E-state index < -0.39 is 0 Å². The fourth-order valence-corrected chi connectivity index (χ4v) is 3.19. The summed E-state index contributed by atoms with van der Waals surface area (Å²) in [4.78, 5) is 11.7. The molecule has 0 aliphatic carbocycles. The molecule has 8 nitrogen and oxygen atoms in total. The third-order valence-electron chi connectivity index (χ3n) is 4.18. The number of fused-ring (bicyclic) bond motifs is 2. The van der Waals surface area contributed by atoms with Crippen molar-refractivity contribution in [1.29, 1.82) is 0 Å². The standard InChI is InChI=1S/C17H12ClN7O/c18-11-7-12-9(3-4-20-12)6-10(11)8-25-16-15(23-24-25)14(21-17(19)22-16)13-2-1-5-26-13/h1-7,20H,8H2,(H2,19,21,22). The highest BCUT2D eigenvalue weighted by molar-refractivity contribution is 6.32. The summed E-state index contributed by atoms with van der Waals surface area (Å²) in [5, 5.41) is 10.1. The van der Waals surface area contributed by atoms with Crippen LogP contribution in [0.5, 0.6) is 0 Å². The van der Waals surface area contributed by atoms with Crippen LogP contribution in [0.1, 0.15) is 5.56 Å². The molecule has 0 amide bonds. The number of furan rings is 1. The van der Waals surface area contributed by atoms with Gasteiger partial charge >= 0.3 is 0 Å². The average molecular weight is 366 g/mol. The van der Waals surface area contributed by atoms with Gasteiger partial charge in [0.2, 0.25) is 5.95 Å². The molecule has 9 heteroatoms. The van der Waals surface area contributed by atoms with Crippen LogP contribution in [0.2, 0.25) is 5.02 Å². The molecular weight excluding hydrogens is 354 g/mol. The number of hydrogen-bond donors (Lipinski definition) is 2. The van der Waals surface area contributed by atoms with Crippen molar-refractivity contribution >= 4 is 39.6 Å². The van der Waals surface area contributed by atoms with E-state index in [1.54, 1.807) is 23.1 Å². The Bertz CT molecular complexity index is 1240. The second kappa shape index (κ2) is 5.57. The van der Waals surface area contributed by atoms with Gasteiger partial charge in [0.15, 0.2) is 16.9 Å². The normalized spacial score (nSPS) is 11.6. The van der Waals surface area contributed by atoms with Gasteiger partial charge in [0.05, 0.1) is 12.8 Å². The molecule has 0 bridgehead atoms. The van der Waals surface area contributed by atoms with E-state index in [9.17, 15) is 0 Å². The topological polar surface area (TPSA) is 111 Å². The molecule has 0 saturated carbocycles. The summed E-state index contributed by atoms with van der Waals surface area (Å²) < 4.78 is 7.07. The van der Waals surface area contributed by atoms with Gasteiger partial charge in [-0.3, -0.25) is 0 Å². The first-order valence-corrected chi connectivity index (χ1v) is 8.23. The number of benzene rings is 1. The van der Waals surface area contributed by atoms with E-state index in [-0.39, 0.29) is 5.95 Å². The molecule has 5 aromatic rings. The minimum absolute atomic E-state index is 0.125. The van der Waals surface area contributed by atoms with Crippen LogP contribution in [0.4, 0.5) is 5.95 Å². The van der Waals surface area contributed by atoms with E-state index >= 15 is 0 Å². The number of hydrogen-bond acceptors (Lipinski definition) is 6. The molecule has 0 aliphatic heterocycles. The summed E-state index contributed by atoms with van der Waals surface area (Å²) >= 11 is 6.42. The van der Waals surface area contributed by atoms with E-state index in [2.05, 4.69) is 25.3 Å². The molecule has 4 aromatic heterocycles. The molecule has 1 aromatic carbocycles. The summed E-state index contributed by atoms with van der Waals surface area (Å²) in [6, 6.07) is 9.46. The van der Waals surface area contributed by atoms with Gasteiger partial charge in [-0.25, -0.2) is 9.67 Å². The number of H-pyrrole nitrogens is 1. The van der Waals surface area contributed by atoms with Crippen molar-refractivity contribution in [1.82, 2.24) is 29.9 Å². The molecule has 128 valence electrons. The third-order valence-corrected chi connectivity index (χ3v) is 4.53. The Morgan fingerprint density at radius 2 is 2.15 bits per heavy atom. The molecule has 3 N–H and O–H groups in total. The Labute approximate surface area is 151 Å². The molecule has 0 unspecified atom stereocenters. The average Bonchev–Trinajstić information content (AvgIpc) is 3.36. The number of aromatic nitrogens is 6. The molecule has 0 aliphatic rings. The number of anilines is 1. The van der Waals surface area contributed by atoms with Crippen LogP contribution in [-0.4, -0.2) is 29.9 Å². The maximum atomic E-state index is 6.42. The highest BCUT2D eigenvalue weighted by Gasteiger charge is 2.18. The zero-order chi connectivity index (χ0) is 17.7. The van der Waals surface area contributed by atoms with E-state index in [0.29, 0.717) is 34.2 Å². The first kappa shape index (κ1) is 14.9. The van der Waals surface area contributed by atoms with E-state index in [1.165, 1.54) is 0 Å². The maximum Gasteiger partial charge on any atom is 0.222 e. The lowest BCUT2D eigenvalue weighted by atomic mass is 10.1. The molecule has 5 rings (SSSR count). The number of halogens is 1. The van der Waals surface area contributed by atoms with Crippen LogP contribution in [0.3, 0.4) is 0 Å². The monoisotopic (exact) mass is 365 g/mol. The third kappa shape index (κ3) is 2.31. The van der Waals surface area contributed by atoms with Crippen LogP contribution >= 0.6 is 11.6 Å². The number of rotatable bonds is 3. The zero-order valence-corrected chi connectivity index (χ0v) is 14.1. The van der Waals surface area contributed by atoms with Crippen LogP contribution in [-0.2, 0) is 6.54 Å². The van der Waals surface area contributed by atoms with Gasteiger partial charge < -0.3 is 15.1 Å². The fraction of sp³-hybridized carbons (Fsp3) is 0.0588. The van der Waals surface area contributed by atoms with Crippen molar-refractivity contribution in [2.24, 2.45) is 0 Å². The van der Waals surface area contributed by atoms with Crippen LogP contribution in [0, 0.1) is 0 Å². The molecule has 0 radical (unpaired) electrons. The Morgan fingerprint density at radius 3 is 3.00 bits per heavy atom. The lowest BCUT2D eigenvalue weighted by Gasteiger charge is -2.06. The summed E-state index contributed by atoms with van der Waals surface area (Å²) in [6.07, 6.45) is 3.44. The second-order valence-electron chi connectivity index (χ2n) is 5.84. The number of nitrogens with zero attached hydrogens (tertiary/aromatic N) is 5. The number of aromatic amines is 1. The smallest absolute Gasteiger partial charge is 0.222 e. The summed E-state index contributed by atoms with van der Waals surface area (Å²) in [7, 11) is 0. The minimum Gasteiger partial charge on any atom is -0.463 e. The Kier molecular flexibility index (Phi) is 3.19. The number of nitrogen functional groups attached to an aromatic ring is 1. The highest BCUT2D eigenvalue weighted by Crippen LogP contribution is 2.27. The number of nitrogens with one attached hydrogen (secondary N) is 1. The van der Waals surface area contributed by atoms with Crippen molar-refractivity contribution in [3.8, 4) is 11.5 Å². The van der Waals surface area contributed by atoms with Crippen molar-refractivity contribution in [3.05, 3.63) is 53.4 Å². The first-order chi connectivity index (χ1) is 12.7. The van der Waals surface area contributed by atoms with Gasteiger partial charge in [0.25, 0.3) is 0 Å². The molecule has 0 atom stereocenters. The quantitative estimate of drug-likeness (QED) is 0.507. The van der Waals surface area contributed by atoms with E-state index in [4.69, 9.17) is 21.8 Å². The van der Waals surface area contributed by atoms with Crippen molar-refractivity contribution < 1.29 is 4.42 Å². The fourth-order valence-electron chi connectivity index (χ4n) is 2.97. The predicted octanol–water partition coefficient (Wildman–Crippen LogP) is 3.25. The second-order valence-corrected chi connectivity index (χ2v) is 6.24. The van der Waals surface area contributed by atoms with Crippen molar-refractivity contribution in [3.63, 3.8) is 0 Å². The van der Waals surface area contributed by atoms with Gasteiger partial charge in [-0.05, 0) is 41.3 Å². The van der Waals surface area contributed by atoms with E-state index in [1.807, 2.05) is 24.4 Å². The van der Waals surface area contributed by atoms with Crippen LogP contribution in [0.25, 0.3) is 33.5 Å². The largest absolute Gasteiger partial charge is 0.463 e. The summed E-state index contributed by atoms with van der Waals surface area (Å²) in [6.45, 7) is 0.407. The lowest BCUT2D eigenvalue weighted by Crippen LogP contribution is -2.05. The SMILES string of the molecule is Nc1nc(-c2ccco2)c2nnn(Cc3cc4cc[nH]c4cc3Cl)c2n1. The molecule has 0 saturated heterocycles. The van der Waals surface area contributed by atoms with Gasteiger partial charge in [0.1, 0.15) is 5.69 Å². The Morgan fingerprint density at radius 1 is 1.23 bits per heavy atom.